The third-order valence-electron chi connectivity index (χ3n) is 3.20. The van der Waals surface area contributed by atoms with E-state index >= 15 is 0 Å². The monoisotopic (exact) mass is 318 g/mol. The first-order valence-corrected chi connectivity index (χ1v) is 7.90. The van der Waals surface area contributed by atoms with E-state index in [-0.39, 0.29) is 0 Å². The maximum absolute atomic E-state index is 8.67. The van der Waals surface area contributed by atoms with Crippen LogP contribution in [0.25, 0.3) is 11.3 Å². The summed E-state index contributed by atoms with van der Waals surface area (Å²) in [5.41, 5.74) is 2.86. The van der Waals surface area contributed by atoms with Crippen LogP contribution in [0.1, 0.15) is 5.82 Å². The molecule has 0 radical (unpaired) electrons. The lowest BCUT2D eigenvalue weighted by Gasteiger charge is -2.09. The molecule has 0 amide bonds. The summed E-state index contributed by atoms with van der Waals surface area (Å²) in [7, 11) is 0. The van der Waals surface area contributed by atoms with E-state index in [4.69, 9.17) is 5.26 Å². The molecule has 1 heterocycles. The number of hydrogen-bond acceptors (Lipinski definition) is 5. The molecule has 4 nitrogen and oxygen atoms in total. The standard InChI is InChI=1S/C18H14N4S/c1-13-20-17(14-5-3-2-4-6-14)11-18(21-13)22-15-7-9-16(10-8-15)23-12-19/h2-11H,1H3,(H,20,21,22). The van der Waals surface area contributed by atoms with Gasteiger partial charge in [-0.1, -0.05) is 30.3 Å². The molecule has 0 fully saturated rings. The molecule has 0 saturated heterocycles. The summed E-state index contributed by atoms with van der Waals surface area (Å²) >= 11 is 1.14. The summed E-state index contributed by atoms with van der Waals surface area (Å²) in [5, 5.41) is 14.0. The van der Waals surface area contributed by atoms with Gasteiger partial charge >= 0.3 is 0 Å². The van der Waals surface area contributed by atoms with E-state index in [9.17, 15) is 0 Å². The molecule has 2 aromatic carbocycles. The SMILES string of the molecule is Cc1nc(Nc2ccc(SC#N)cc2)cc(-c2ccccc2)n1. The molecule has 0 aliphatic rings. The van der Waals surface area contributed by atoms with Crippen molar-refractivity contribution >= 4 is 23.3 Å². The lowest BCUT2D eigenvalue weighted by atomic mass is 10.1. The zero-order valence-electron chi connectivity index (χ0n) is 12.5. The molecule has 0 spiro atoms. The molecule has 3 rings (SSSR count). The molecule has 1 aromatic heterocycles. The van der Waals surface area contributed by atoms with Crippen molar-refractivity contribution in [2.45, 2.75) is 11.8 Å². The fourth-order valence-corrected chi connectivity index (χ4v) is 2.57. The van der Waals surface area contributed by atoms with Crippen molar-refractivity contribution in [3.8, 4) is 16.7 Å². The van der Waals surface area contributed by atoms with Gasteiger partial charge in [-0.2, -0.15) is 5.26 Å². The van der Waals surface area contributed by atoms with Gasteiger partial charge in [0, 0.05) is 22.2 Å². The van der Waals surface area contributed by atoms with Gasteiger partial charge in [0.25, 0.3) is 0 Å². The Morgan fingerprint density at radius 2 is 1.74 bits per heavy atom. The highest BCUT2D eigenvalue weighted by molar-refractivity contribution is 8.03. The average Bonchev–Trinajstić information content (AvgIpc) is 2.57. The van der Waals surface area contributed by atoms with Gasteiger partial charge in [0.2, 0.25) is 0 Å². The topological polar surface area (TPSA) is 61.6 Å². The van der Waals surface area contributed by atoms with E-state index in [0.29, 0.717) is 5.82 Å². The van der Waals surface area contributed by atoms with Gasteiger partial charge in [-0.3, -0.25) is 0 Å². The summed E-state index contributed by atoms with van der Waals surface area (Å²) in [5.74, 6) is 1.46. The van der Waals surface area contributed by atoms with Gasteiger partial charge in [-0.05, 0) is 43.0 Å². The minimum atomic E-state index is 0.713. The van der Waals surface area contributed by atoms with E-state index in [1.165, 1.54) is 0 Å². The van der Waals surface area contributed by atoms with Crippen LogP contribution in [0.5, 0.6) is 0 Å². The molecule has 3 aromatic rings. The highest BCUT2D eigenvalue weighted by atomic mass is 32.2. The highest BCUT2D eigenvalue weighted by Gasteiger charge is 2.05. The number of benzene rings is 2. The fourth-order valence-electron chi connectivity index (χ4n) is 2.20. The molecule has 0 aliphatic heterocycles. The predicted octanol–water partition coefficient (Wildman–Crippen LogP) is 4.77. The number of hydrogen-bond donors (Lipinski definition) is 1. The Kier molecular flexibility index (Phi) is 4.55. The molecule has 0 atom stereocenters. The molecule has 0 saturated carbocycles. The van der Waals surface area contributed by atoms with Gasteiger partial charge in [-0.25, -0.2) is 9.97 Å². The Balaban J connectivity index is 1.86. The van der Waals surface area contributed by atoms with Crippen LogP contribution in [0.4, 0.5) is 11.5 Å². The zero-order valence-corrected chi connectivity index (χ0v) is 13.3. The van der Waals surface area contributed by atoms with Crippen molar-refractivity contribution in [1.29, 1.82) is 5.26 Å². The first-order valence-electron chi connectivity index (χ1n) is 7.09. The molecule has 0 aliphatic carbocycles. The number of aromatic nitrogens is 2. The number of nitrogens with one attached hydrogen (secondary N) is 1. The van der Waals surface area contributed by atoms with Crippen LogP contribution < -0.4 is 5.32 Å². The second-order valence-electron chi connectivity index (χ2n) is 4.89. The van der Waals surface area contributed by atoms with Gasteiger partial charge in [0.1, 0.15) is 17.0 Å². The van der Waals surface area contributed by atoms with Crippen molar-refractivity contribution in [2.24, 2.45) is 0 Å². The van der Waals surface area contributed by atoms with Crippen LogP contribution >= 0.6 is 11.8 Å². The highest BCUT2D eigenvalue weighted by Crippen LogP contribution is 2.24. The van der Waals surface area contributed by atoms with E-state index in [1.807, 2.05) is 67.6 Å². The third kappa shape index (κ3) is 3.87. The summed E-state index contributed by atoms with van der Waals surface area (Å²) < 4.78 is 0. The van der Waals surface area contributed by atoms with Crippen molar-refractivity contribution in [1.82, 2.24) is 9.97 Å². The Morgan fingerprint density at radius 1 is 1.00 bits per heavy atom. The largest absolute Gasteiger partial charge is 0.340 e. The van der Waals surface area contributed by atoms with Gasteiger partial charge in [0.15, 0.2) is 0 Å². The van der Waals surface area contributed by atoms with Gasteiger partial charge < -0.3 is 5.32 Å². The van der Waals surface area contributed by atoms with Crippen LogP contribution in [0.3, 0.4) is 0 Å². The number of thiocyanates is 1. The van der Waals surface area contributed by atoms with E-state index < -0.39 is 0 Å². The van der Waals surface area contributed by atoms with Crippen LogP contribution in [0.2, 0.25) is 0 Å². The first-order chi connectivity index (χ1) is 11.2. The molecule has 112 valence electrons. The van der Waals surface area contributed by atoms with Crippen molar-refractivity contribution in [3.05, 3.63) is 66.5 Å². The lowest BCUT2D eigenvalue weighted by molar-refractivity contribution is 1.06. The average molecular weight is 318 g/mol. The number of rotatable bonds is 4. The van der Waals surface area contributed by atoms with Crippen molar-refractivity contribution < 1.29 is 0 Å². The smallest absolute Gasteiger partial charge is 0.138 e. The van der Waals surface area contributed by atoms with E-state index in [1.54, 1.807) is 0 Å². The van der Waals surface area contributed by atoms with E-state index in [2.05, 4.69) is 20.7 Å². The van der Waals surface area contributed by atoms with Crippen LogP contribution in [-0.4, -0.2) is 9.97 Å². The second kappa shape index (κ2) is 6.95. The fraction of sp³-hybridized carbons (Fsp3) is 0.0556. The Hall–Kier alpha value is -2.84. The number of nitrogens with zero attached hydrogens (tertiary/aromatic N) is 3. The van der Waals surface area contributed by atoms with Crippen LogP contribution in [-0.2, 0) is 0 Å². The lowest BCUT2D eigenvalue weighted by Crippen LogP contribution is -1.98. The Morgan fingerprint density at radius 3 is 2.43 bits per heavy atom. The normalized spacial score (nSPS) is 10.1. The molecule has 0 bridgehead atoms. The molecular formula is C18H14N4S. The van der Waals surface area contributed by atoms with E-state index in [0.717, 1.165) is 39.4 Å². The van der Waals surface area contributed by atoms with Crippen LogP contribution in [0, 0.1) is 17.6 Å². The predicted molar refractivity (Wildman–Crippen MR) is 93.4 cm³/mol. The molecule has 1 N–H and O–H groups in total. The number of aryl methyl sites for hydroxylation is 1. The van der Waals surface area contributed by atoms with Gasteiger partial charge in [0.05, 0.1) is 5.69 Å². The van der Waals surface area contributed by atoms with Gasteiger partial charge in [-0.15, -0.1) is 0 Å². The quantitative estimate of drug-likeness (QED) is 0.554. The van der Waals surface area contributed by atoms with Crippen molar-refractivity contribution in [3.63, 3.8) is 0 Å². The summed E-state index contributed by atoms with van der Waals surface area (Å²) in [6.07, 6.45) is 0. The summed E-state index contributed by atoms with van der Waals surface area (Å²) in [4.78, 5) is 9.85. The Labute approximate surface area is 139 Å². The molecule has 5 heteroatoms. The minimum absolute atomic E-state index is 0.713. The summed E-state index contributed by atoms with van der Waals surface area (Å²) in [6.45, 7) is 1.88. The first kappa shape index (κ1) is 15.1. The number of anilines is 2. The molecule has 23 heavy (non-hydrogen) atoms. The van der Waals surface area contributed by atoms with Crippen LogP contribution in [0.15, 0.2) is 65.6 Å². The Bertz CT molecular complexity index is 839. The molecular weight excluding hydrogens is 304 g/mol. The second-order valence-corrected chi connectivity index (χ2v) is 5.75. The maximum atomic E-state index is 8.67. The number of nitriles is 1. The molecule has 0 unspecified atom stereocenters. The van der Waals surface area contributed by atoms with Crippen molar-refractivity contribution in [2.75, 3.05) is 5.32 Å². The number of thioether (sulfide) groups is 1. The minimum Gasteiger partial charge on any atom is -0.340 e. The third-order valence-corrected chi connectivity index (χ3v) is 3.80. The zero-order chi connectivity index (χ0) is 16.1. The summed E-state index contributed by atoms with van der Waals surface area (Å²) in [6, 6.07) is 19.6. The maximum Gasteiger partial charge on any atom is 0.138 e.